The Morgan fingerprint density at radius 2 is 2.21 bits per heavy atom. The number of aromatic nitrogens is 4. The first-order chi connectivity index (χ1) is 13.8. The number of sulfonamides is 1. The number of fused-ring (bicyclic) bond motifs is 1. The van der Waals surface area contributed by atoms with Crippen LogP contribution in [0.4, 0.5) is 0 Å². The van der Waals surface area contributed by atoms with Crippen molar-refractivity contribution < 1.29 is 17.7 Å². The normalized spacial score (nSPS) is 26.8. The lowest BCUT2D eigenvalue weighted by molar-refractivity contribution is 0.0761. The third-order valence-electron chi connectivity index (χ3n) is 6.08. The van der Waals surface area contributed by atoms with E-state index < -0.39 is 15.4 Å². The number of aryl methyl sites for hydroxylation is 2. The van der Waals surface area contributed by atoms with Gasteiger partial charge in [0.15, 0.2) is 5.82 Å². The lowest BCUT2D eigenvalue weighted by Crippen LogP contribution is -2.40. The summed E-state index contributed by atoms with van der Waals surface area (Å²) in [5, 5.41) is 8.13. The van der Waals surface area contributed by atoms with Gasteiger partial charge in [-0.1, -0.05) is 5.16 Å². The van der Waals surface area contributed by atoms with Gasteiger partial charge in [-0.05, 0) is 45.6 Å². The Labute approximate surface area is 169 Å². The van der Waals surface area contributed by atoms with Crippen molar-refractivity contribution in [2.45, 2.75) is 51.6 Å². The van der Waals surface area contributed by atoms with Crippen molar-refractivity contribution in [2.75, 3.05) is 18.8 Å². The lowest BCUT2D eigenvalue weighted by Gasteiger charge is -2.25. The molecule has 158 valence electrons. The number of nitrogens with one attached hydrogen (secondary N) is 1. The molecule has 0 spiro atoms. The topological polar surface area (TPSA) is 123 Å². The molecule has 1 N–H and O–H groups in total. The van der Waals surface area contributed by atoms with Gasteiger partial charge in [0.25, 0.3) is 5.91 Å². The summed E-state index contributed by atoms with van der Waals surface area (Å²) in [6.07, 6.45) is 2.77. The van der Waals surface area contributed by atoms with Crippen LogP contribution in [-0.2, 0) is 22.0 Å². The molecule has 1 amide bonds. The predicted octanol–water partition coefficient (Wildman–Crippen LogP) is 0.706. The molecular weight excluding hydrogens is 396 g/mol. The molecule has 1 aliphatic heterocycles. The summed E-state index contributed by atoms with van der Waals surface area (Å²) in [6.45, 7) is 6.85. The van der Waals surface area contributed by atoms with E-state index in [0.29, 0.717) is 49.9 Å². The molecule has 1 aliphatic carbocycles. The second kappa shape index (κ2) is 7.21. The molecule has 11 heteroatoms. The first kappa shape index (κ1) is 20.0. The molecule has 3 atom stereocenters. The van der Waals surface area contributed by atoms with Crippen LogP contribution < -0.4 is 4.72 Å². The summed E-state index contributed by atoms with van der Waals surface area (Å²) >= 11 is 0. The van der Waals surface area contributed by atoms with Crippen LogP contribution in [0.1, 0.15) is 48.9 Å². The zero-order valence-electron chi connectivity index (χ0n) is 16.8. The third kappa shape index (κ3) is 3.46. The maximum atomic E-state index is 13.1. The van der Waals surface area contributed by atoms with Crippen molar-refractivity contribution in [1.29, 1.82) is 0 Å². The van der Waals surface area contributed by atoms with E-state index in [1.54, 1.807) is 35.7 Å². The van der Waals surface area contributed by atoms with E-state index in [2.05, 4.69) is 20.0 Å². The van der Waals surface area contributed by atoms with Crippen molar-refractivity contribution in [3.8, 4) is 0 Å². The summed E-state index contributed by atoms with van der Waals surface area (Å²) in [5.74, 6) is 0.998. The highest BCUT2D eigenvalue weighted by Gasteiger charge is 2.58. The van der Waals surface area contributed by atoms with Crippen LogP contribution in [-0.4, -0.2) is 64.0 Å². The monoisotopic (exact) mass is 422 g/mol. The fourth-order valence-electron chi connectivity index (χ4n) is 4.71. The standard InChI is InChI=1S/C18H26N6O4S/c1-4-24-15(6-7-19-24)16(25)23-10-13-8-14(22-29(26,27)5-2)9-18(13,11-23)17-20-12(3)21-28-17/h6-7,13-14,22H,4-5,8-11H2,1-3H3/t13-,14+,18-/m0/s1. The number of nitrogens with zero attached hydrogens (tertiary/aromatic N) is 5. The highest BCUT2D eigenvalue weighted by molar-refractivity contribution is 7.89. The number of carbonyl (C=O) groups excluding carboxylic acids is 1. The van der Waals surface area contributed by atoms with Gasteiger partial charge in [-0.15, -0.1) is 0 Å². The zero-order valence-corrected chi connectivity index (χ0v) is 17.6. The Balaban J connectivity index is 1.62. The van der Waals surface area contributed by atoms with Crippen LogP contribution in [0.25, 0.3) is 0 Å². The number of rotatable bonds is 6. The molecule has 29 heavy (non-hydrogen) atoms. The lowest BCUT2D eigenvalue weighted by atomic mass is 9.80. The Morgan fingerprint density at radius 3 is 2.86 bits per heavy atom. The molecule has 2 aromatic heterocycles. The Hall–Kier alpha value is -2.27. The van der Waals surface area contributed by atoms with Crippen molar-refractivity contribution in [2.24, 2.45) is 5.92 Å². The minimum Gasteiger partial charge on any atom is -0.339 e. The first-order valence-corrected chi connectivity index (χ1v) is 11.5. The van der Waals surface area contributed by atoms with Crippen LogP contribution >= 0.6 is 0 Å². The summed E-state index contributed by atoms with van der Waals surface area (Å²) in [5.41, 5.74) is 0.00196. The molecule has 1 saturated carbocycles. The van der Waals surface area contributed by atoms with Gasteiger partial charge >= 0.3 is 0 Å². The van der Waals surface area contributed by atoms with E-state index in [4.69, 9.17) is 4.52 Å². The van der Waals surface area contributed by atoms with Crippen LogP contribution in [0.15, 0.2) is 16.8 Å². The van der Waals surface area contributed by atoms with Gasteiger partial charge in [0, 0.05) is 31.9 Å². The summed E-state index contributed by atoms with van der Waals surface area (Å²) in [4.78, 5) is 19.4. The van der Waals surface area contributed by atoms with E-state index in [0.717, 1.165) is 0 Å². The fourth-order valence-corrected chi connectivity index (χ4v) is 5.57. The molecule has 10 nitrogen and oxygen atoms in total. The molecule has 4 rings (SSSR count). The van der Waals surface area contributed by atoms with Gasteiger partial charge in [-0.2, -0.15) is 10.1 Å². The Kier molecular flexibility index (Phi) is 4.97. The average molecular weight is 423 g/mol. The molecule has 2 aromatic rings. The highest BCUT2D eigenvalue weighted by atomic mass is 32.2. The largest absolute Gasteiger partial charge is 0.339 e. The van der Waals surface area contributed by atoms with E-state index in [1.165, 1.54) is 0 Å². The first-order valence-electron chi connectivity index (χ1n) is 9.90. The molecule has 2 fully saturated rings. The van der Waals surface area contributed by atoms with E-state index >= 15 is 0 Å². The van der Waals surface area contributed by atoms with Gasteiger partial charge in [-0.3, -0.25) is 9.48 Å². The van der Waals surface area contributed by atoms with Gasteiger partial charge in [0.05, 0.1) is 11.2 Å². The van der Waals surface area contributed by atoms with Crippen molar-refractivity contribution in [1.82, 2.24) is 29.5 Å². The summed E-state index contributed by atoms with van der Waals surface area (Å²) in [7, 11) is -3.32. The van der Waals surface area contributed by atoms with Gasteiger partial charge in [0.2, 0.25) is 15.9 Å². The molecule has 0 bridgehead atoms. The molecule has 3 heterocycles. The molecular formula is C18H26N6O4S. The SMILES string of the molecule is CCn1nccc1C(=O)N1C[C@@H]2C[C@@H](NS(=O)(=O)CC)C[C@]2(c2nc(C)no2)C1. The van der Waals surface area contributed by atoms with Crippen LogP contribution in [0, 0.1) is 12.8 Å². The maximum absolute atomic E-state index is 13.1. The van der Waals surface area contributed by atoms with E-state index in [9.17, 15) is 13.2 Å². The van der Waals surface area contributed by atoms with Crippen molar-refractivity contribution in [3.63, 3.8) is 0 Å². The number of likely N-dealkylation sites (tertiary alicyclic amines) is 1. The van der Waals surface area contributed by atoms with Crippen LogP contribution in [0.2, 0.25) is 0 Å². The number of hydrogen-bond donors (Lipinski definition) is 1. The Morgan fingerprint density at radius 1 is 1.41 bits per heavy atom. The zero-order chi connectivity index (χ0) is 20.8. The summed E-state index contributed by atoms with van der Waals surface area (Å²) in [6, 6.07) is 1.51. The fraction of sp³-hybridized carbons (Fsp3) is 0.667. The molecule has 0 unspecified atom stereocenters. The van der Waals surface area contributed by atoms with Crippen LogP contribution in [0.3, 0.4) is 0 Å². The van der Waals surface area contributed by atoms with E-state index in [-0.39, 0.29) is 23.6 Å². The van der Waals surface area contributed by atoms with Gasteiger partial charge in [-0.25, -0.2) is 13.1 Å². The minimum absolute atomic E-state index is 0.0342. The highest BCUT2D eigenvalue weighted by Crippen LogP contribution is 2.50. The molecule has 1 saturated heterocycles. The molecule has 2 aliphatic rings. The van der Waals surface area contributed by atoms with Gasteiger partial charge < -0.3 is 9.42 Å². The number of hydrogen-bond acceptors (Lipinski definition) is 7. The number of carbonyl (C=O) groups is 1. The van der Waals surface area contributed by atoms with Gasteiger partial charge in [0.1, 0.15) is 5.69 Å². The van der Waals surface area contributed by atoms with Crippen LogP contribution in [0.5, 0.6) is 0 Å². The Bertz CT molecular complexity index is 1020. The summed E-state index contributed by atoms with van der Waals surface area (Å²) < 4.78 is 34.2. The number of amides is 1. The average Bonchev–Trinajstić information content (AvgIpc) is 3.42. The molecule has 0 aromatic carbocycles. The predicted molar refractivity (Wildman–Crippen MR) is 104 cm³/mol. The minimum atomic E-state index is -3.32. The quantitative estimate of drug-likeness (QED) is 0.727. The van der Waals surface area contributed by atoms with Crippen molar-refractivity contribution in [3.05, 3.63) is 29.7 Å². The third-order valence-corrected chi connectivity index (χ3v) is 7.53. The second-order valence-electron chi connectivity index (χ2n) is 7.88. The second-order valence-corrected chi connectivity index (χ2v) is 9.92. The maximum Gasteiger partial charge on any atom is 0.272 e. The van der Waals surface area contributed by atoms with E-state index in [1.807, 2.05) is 6.92 Å². The smallest absolute Gasteiger partial charge is 0.272 e. The van der Waals surface area contributed by atoms with Crippen molar-refractivity contribution >= 4 is 15.9 Å². The molecule has 0 radical (unpaired) electrons.